The Balaban J connectivity index is 1.58. The Bertz CT molecular complexity index is 910. The molecule has 0 aliphatic rings. The number of rotatable bonds is 9. The van der Waals surface area contributed by atoms with Crippen molar-refractivity contribution >= 4 is 17.3 Å². The zero-order chi connectivity index (χ0) is 20.3. The van der Waals surface area contributed by atoms with E-state index in [0.717, 1.165) is 41.6 Å². The Labute approximate surface area is 176 Å². The van der Waals surface area contributed by atoms with Crippen LogP contribution in [0.3, 0.4) is 0 Å². The molecule has 152 valence electrons. The summed E-state index contributed by atoms with van der Waals surface area (Å²) < 4.78 is 5.93. The molecule has 0 unspecified atom stereocenters. The minimum Gasteiger partial charge on any atom is -0.473 e. The van der Waals surface area contributed by atoms with E-state index in [-0.39, 0.29) is 0 Å². The predicted octanol–water partition coefficient (Wildman–Crippen LogP) is 3.72. The third kappa shape index (κ3) is 6.87. The van der Waals surface area contributed by atoms with Crippen molar-refractivity contribution in [3.8, 4) is 5.88 Å². The molecule has 6 nitrogen and oxygen atoms in total. The molecule has 29 heavy (non-hydrogen) atoms. The van der Waals surface area contributed by atoms with Gasteiger partial charge in [0.15, 0.2) is 5.96 Å². The largest absolute Gasteiger partial charge is 0.473 e. The lowest BCUT2D eigenvalue weighted by molar-refractivity contribution is 0.290. The fourth-order valence-corrected chi connectivity index (χ4v) is 3.50. The summed E-state index contributed by atoms with van der Waals surface area (Å²) in [6, 6.07) is 14.0. The second-order valence-electron chi connectivity index (χ2n) is 6.48. The number of aromatic nitrogens is 2. The third-order valence-electron chi connectivity index (χ3n) is 4.12. The van der Waals surface area contributed by atoms with Gasteiger partial charge in [0.1, 0.15) is 6.61 Å². The van der Waals surface area contributed by atoms with E-state index in [0.29, 0.717) is 19.0 Å². The lowest BCUT2D eigenvalue weighted by atomic mass is 10.2. The summed E-state index contributed by atoms with van der Waals surface area (Å²) in [5, 5.41) is 7.79. The van der Waals surface area contributed by atoms with Crippen molar-refractivity contribution in [2.45, 2.75) is 33.4 Å². The first-order valence-electron chi connectivity index (χ1n) is 9.78. The van der Waals surface area contributed by atoms with Gasteiger partial charge < -0.3 is 15.4 Å². The van der Waals surface area contributed by atoms with Crippen molar-refractivity contribution < 1.29 is 4.74 Å². The highest BCUT2D eigenvalue weighted by Gasteiger charge is 2.06. The van der Waals surface area contributed by atoms with Gasteiger partial charge in [-0.15, -0.1) is 11.3 Å². The van der Waals surface area contributed by atoms with Gasteiger partial charge in [-0.1, -0.05) is 36.4 Å². The summed E-state index contributed by atoms with van der Waals surface area (Å²) in [6.07, 6.45) is 4.53. The van der Waals surface area contributed by atoms with Gasteiger partial charge in [-0.25, -0.2) is 15.0 Å². The van der Waals surface area contributed by atoms with Gasteiger partial charge in [0.25, 0.3) is 0 Å². The maximum atomic E-state index is 5.93. The normalized spacial score (nSPS) is 11.3. The minimum atomic E-state index is 0.486. The number of aliphatic imine (C=N–C) groups is 1. The topological polar surface area (TPSA) is 71.4 Å². The summed E-state index contributed by atoms with van der Waals surface area (Å²) in [7, 11) is 0. The van der Waals surface area contributed by atoms with Crippen LogP contribution in [0.5, 0.6) is 5.88 Å². The fourth-order valence-electron chi connectivity index (χ4n) is 2.71. The van der Waals surface area contributed by atoms with E-state index in [2.05, 4.69) is 34.4 Å². The molecule has 0 aliphatic heterocycles. The molecule has 0 radical (unpaired) electrons. The van der Waals surface area contributed by atoms with Crippen LogP contribution in [0, 0.1) is 6.92 Å². The van der Waals surface area contributed by atoms with E-state index in [9.17, 15) is 0 Å². The number of ether oxygens (including phenoxy) is 1. The Kier molecular flexibility index (Phi) is 8.01. The van der Waals surface area contributed by atoms with Crippen molar-refractivity contribution in [2.75, 3.05) is 13.1 Å². The lowest BCUT2D eigenvalue weighted by Gasteiger charge is -2.12. The quantitative estimate of drug-likeness (QED) is 0.416. The highest BCUT2D eigenvalue weighted by molar-refractivity contribution is 7.11. The maximum Gasteiger partial charge on any atom is 0.218 e. The summed E-state index contributed by atoms with van der Waals surface area (Å²) >= 11 is 1.73. The van der Waals surface area contributed by atoms with Crippen LogP contribution in [0.25, 0.3) is 0 Å². The van der Waals surface area contributed by atoms with E-state index < -0.39 is 0 Å². The Hall–Kier alpha value is -2.93. The van der Waals surface area contributed by atoms with E-state index >= 15 is 0 Å². The average molecular weight is 410 g/mol. The summed E-state index contributed by atoms with van der Waals surface area (Å²) in [5.74, 6) is 1.40. The minimum absolute atomic E-state index is 0.486. The first-order valence-corrected chi connectivity index (χ1v) is 10.6. The molecule has 0 amide bonds. The van der Waals surface area contributed by atoms with E-state index in [1.54, 1.807) is 17.5 Å². The summed E-state index contributed by atoms with van der Waals surface area (Å²) in [5.41, 5.74) is 2.07. The van der Waals surface area contributed by atoms with Crippen LogP contribution >= 0.6 is 11.3 Å². The van der Waals surface area contributed by atoms with Gasteiger partial charge in [0.05, 0.1) is 11.6 Å². The van der Waals surface area contributed by atoms with Gasteiger partial charge >= 0.3 is 0 Å². The molecule has 0 fully saturated rings. The second kappa shape index (κ2) is 11.2. The highest BCUT2D eigenvalue weighted by atomic mass is 32.1. The number of nitrogens with one attached hydrogen (secondary N) is 2. The fraction of sp³-hybridized carbons (Fsp3) is 0.318. The van der Waals surface area contributed by atoms with Gasteiger partial charge in [0, 0.05) is 42.3 Å². The smallest absolute Gasteiger partial charge is 0.218 e. The first kappa shape index (κ1) is 20.8. The molecular formula is C22H27N5OS. The van der Waals surface area contributed by atoms with Crippen molar-refractivity contribution in [2.24, 2.45) is 4.99 Å². The average Bonchev–Trinajstić information content (AvgIpc) is 3.17. The second-order valence-corrected chi connectivity index (χ2v) is 7.80. The van der Waals surface area contributed by atoms with Crippen LogP contribution in [0.1, 0.15) is 27.9 Å². The highest BCUT2D eigenvalue weighted by Crippen LogP contribution is 2.17. The number of thiazole rings is 1. The summed E-state index contributed by atoms with van der Waals surface area (Å²) in [6.45, 7) is 6.69. The number of benzene rings is 1. The molecule has 0 spiro atoms. The van der Waals surface area contributed by atoms with Crippen molar-refractivity contribution in [3.63, 3.8) is 0 Å². The predicted molar refractivity (Wildman–Crippen MR) is 118 cm³/mol. The zero-order valence-corrected chi connectivity index (χ0v) is 17.7. The molecule has 0 saturated heterocycles. The van der Waals surface area contributed by atoms with Gasteiger partial charge in [-0.2, -0.15) is 0 Å². The Morgan fingerprint density at radius 3 is 2.72 bits per heavy atom. The van der Waals surface area contributed by atoms with Gasteiger partial charge in [0.2, 0.25) is 5.88 Å². The molecule has 0 aliphatic carbocycles. The summed E-state index contributed by atoms with van der Waals surface area (Å²) in [4.78, 5) is 14.7. The van der Waals surface area contributed by atoms with Crippen LogP contribution in [0.15, 0.2) is 59.9 Å². The molecule has 3 aromatic rings. The molecule has 3 rings (SSSR count). The molecule has 2 aromatic heterocycles. The van der Waals surface area contributed by atoms with Crippen LogP contribution in [-0.2, 0) is 19.6 Å². The number of pyridine rings is 1. The molecule has 7 heteroatoms. The number of guanidine groups is 1. The maximum absolute atomic E-state index is 5.93. The number of aryl methyl sites for hydroxylation is 1. The Morgan fingerprint density at radius 2 is 1.97 bits per heavy atom. The number of hydrogen-bond acceptors (Lipinski definition) is 5. The first-order chi connectivity index (χ1) is 14.2. The standard InChI is InChI=1S/C22H27N5OS/c1-3-23-22(25-13-11-20-26-14-17(2)29-20)27-15-19-10-7-12-24-21(19)28-16-18-8-5-4-6-9-18/h4-10,12,14H,3,11,13,15-16H2,1-2H3,(H2,23,25,27). The zero-order valence-electron chi connectivity index (χ0n) is 16.9. The monoisotopic (exact) mass is 409 g/mol. The van der Waals surface area contributed by atoms with Crippen molar-refractivity contribution in [3.05, 3.63) is 75.9 Å². The van der Waals surface area contributed by atoms with E-state index in [1.807, 2.05) is 48.7 Å². The van der Waals surface area contributed by atoms with E-state index in [4.69, 9.17) is 9.73 Å². The van der Waals surface area contributed by atoms with Crippen LogP contribution < -0.4 is 15.4 Å². The van der Waals surface area contributed by atoms with Crippen LogP contribution in [0.2, 0.25) is 0 Å². The molecular weight excluding hydrogens is 382 g/mol. The van der Waals surface area contributed by atoms with E-state index in [1.165, 1.54) is 4.88 Å². The van der Waals surface area contributed by atoms with Crippen LogP contribution in [0.4, 0.5) is 0 Å². The number of nitrogens with zero attached hydrogens (tertiary/aromatic N) is 3. The van der Waals surface area contributed by atoms with Crippen LogP contribution in [-0.4, -0.2) is 29.0 Å². The Morgan fingerprint density at radius 1 is 1.10 bits per heavy atom. The molecule has 2 N–H and O–H groups in total. The van der Waals surface area contributed by atoms with Crippen molar-refractivity contribution in [1.29, 1.82) is 0 Å². The van der Waals surface area contributed by atoms with Gasteiger partial charge in [-0.3, -0.25) is 0 Å². The SMILES string of the molecule is CCNC(=NCc1cccnc1OCc1ccccc1)NCCc1ncc(C)s1. The molecule has 1 aromatic carbocycles. The number of hydrogen-bond donors (Lipinski definition) is 2. The third-order valence-corrected chi connectivity index (χ3v) is 5.09. The van der Waals surface area contributed by atoms with Crippen molar-refractivity contribution in [1.82, 2.24) is 20.6 Å². The van der Waals surface area contributed by atoms with Gasteiger partial charge in [-0.05, 0) is 25.5 Å². The molecule has 0 atom stereocenters. The lowest BCUT2D eigenvalue weighted by Crippen LogP contribution is -2.38. The molecule has 0 saturated carbocycles. The molecule has 0 bridgehead atoms. The molecule has 2 heterocycles.